The number of methoxy groups -OCH3 is 1. The van der Waals surface area contributed by atoms with Crippen LogP contribution < -0.4 is 14.8 Å². The van der Waals surface area contributed by atoms with Gasteiger partial charge in [0.05, 0.1) is 36.5 Å². The minimum Gasteiger partial charge on any atom is -0.489 e. The van der Waals surface area contributed by atoms with E-state index in [9.17, 15) is 10.1 Å². The number of nitrogens with one attached hydrogen (secondary N) is 1. The third-order valence-electron chi connectivity index (χ3n) is 5.66. The summed E-state index contributed by atoms with van der Waals surface area (Å²) in [6.07, 6.45) is 4.21. The second kappa shape index (κ2) is 10.5. The molecule has 1 saturated heterocycles. The van der Waals surface area contributed by atoms with Crippen LogP contribution in [-0.4, -0.2) is 63.4 Å². The first kappa shape index (κ1) is 21.4. The van der Waals surface area contributed by atoms with E-state index in [-0.39, 0.29) is 17.9 Å². The highest BCUT2D eigenvalue weighted by atomic mass is 16.5. The van der Waals surface area contributed by atoms with Crippen LogP contribution in [0.5, 0.6) is 11.5 Å². The van der Waals surface area contributed by atoms with Crippen LogP contribution in [0.15, 0.2) is 12.1 Å². The Morgan fingerprint density at radius 2 is 2.21 bits per heavy atom. The van der Waals surface area contributed by atoms with E-state index in [0.717, 1.165) is 32.5 Å². The summed E-state index contributed by atoms with van der Waals surface area (Å²) < 4.78 is 17.1. The van der Waals surface area contributed by atoms with E-state index < -0.39 is 0 Å². The van der Waals surface area contributed by atoms with Gasteiger partial charge < -0.3 is 24.4 Å². The molecular weight excluding hydrogens is 370 g/mol. The molecule has 3 rings (SSSR count). The highest BCUT2D eigenvalue weighted by Gasteiger charge is 2.30. The first-order valence-corrected chi connectivity index (χ1v) is 10.5. The first-order chi connectivity index (χ1) is 14.2. The molecule has 0 aliphatic carbocycles. The van der Waals surface area contributed by atoms with Crippen molar-refractivity contribution in [3.8, 4) is 17.6 Å². The van der Waals surface area contributed by atoms with Gasteiger partial charge >= 0.3 is 0 Å². The number of amides is 1. The number of benzene rings is 1. The second-order valence-electron chi connectivity index (χ2n) is 7.70. The molecule has 7 nitrogen and oxygen atoms in total. The number of fused-ring (bicyclic) bond motifs is 1. The number of rotatable bonds is 7. The van der Waals surface area contributed by atoms with Gasteiger partial charge in [-0.2, -0.15) is 5.26 Å². The number of likely N-dealkylation sites (tertiary alicyclic amines) is 1. The molecule has 2 heterocycles. The molecule has 2 aliphatic rings. The zero-order valence-electron chi connectivity index (χ0n) is 17.4. The first-order valence-electron chi connectivity index (χ1n) is 10.5. The van der Waals surface area contributed by atoms with Gasteiger partial charge in [-0.25, -0.2) is 0 Å². The Bertz CT molecular complexity index is 746. The van der Waals surface area contributed by atoms with Crippen LogP contribution in [-0.2, 0) is 4.74 Å². The van der Waals surface area contributed by atoms with Crippen LogP contribution in [0.25, 0.3) is 0 Å². The third kappa shape index (κ3) is 5.40. The van der Waals surface area contributed by atoms with Crippen LogP contribution in [0, 0.1) is 17.2 Å². The Morgan fingerprint density at radius 3 is 2.97 bits per heavy atom. The Morgan fingerprint density at radius 1 is 1.38 bits per heavy atom. The van der Waals surface area contributed by atoms with Gasteiger partial charge in [0.2, 0.25) is 0 Å². The largest absolute Gasteiger partial charge is 0.489 e. The summed E-state index contributed by atoms with van der Waals surface area (Å²) in [5.41, 5.74) is 0.744. The lowest BCUT2D eigenvalue weighted by atomic mass is 9.93. The van der Waals surface area contributed by atoms with Crippen molar-refractivity contribution in [2.24, 2.45) is 5.92 Å². The molecule has 7 heteroatoms. The maximum Gasteiger partial charge on any atom is 0.255 e. The smallest absolute Gasteiger partial charge is 0.255 e. The molecule has 1 aromatic rings. The fraction of sp³-hybridized carbons (Fsp3) is 0.636. The molecular formula is C22H31N3O4. The molecule has 1 fully saturated rings. The topological polar surface area (TPSA) is 83.8 Å². The zero-order valence-corrected chi connectivity index (χ0v) is 17.4. The summed E-state index contributed by atoms with van der Waals surface area (Å²) in [6, 6.07) is 5.30. The van der Waals surface area contributed by atoms with E-state index >= 15 is 0 Å². The maximum absolute atomic E-state index is 12.9. The SMILES string of the molecule is CCCCN1CC[C@@H](CNC(=O)c2cc(C#N)cc3c2OCCCO3)C(OC)C1. The van der Waals surface area contributed by atoms with Crippen LogP contribution in [0.4, 0.5) is 0 Å². The minimum absolute atomic E-state index is 0.100. The average Bonchev–Trinajstić information content (AvgIpc) is 3.00. The van der Waals surface area contributed by atoms with Gasteiger partial charge in [0.1, 0.15) is 0 Å². The molecule has 1 amide bonds. The van der Waals surface area contributed by atoms with Gasteiger partial charge in [0.15, 0.2) is 11.5 Å². The molecule has 2 atom stereocenters. The molecule has 0 spiro atoms. The normalized spacial score (nSPS) is 21.8. The van der Waals surface area contributed by atoms with E-state index in [4.69, 9.17) is 14.2 Å². The van der Waals surface area contributed by atoms with E-state index in [1.165, 1.54) is 12.8 Å². The Labute approximate surface area is 172 Å². The van der Waals surface area contributed by atoms with Gasteiger partial charge in [0, 0.05) is 38.6 Å². The van der Waals surface area contributed by atoms with Crippen molar-refractivity contribution in [3.05, 3.63) is 23.3 Å². The van der Waals surface area contributed by atoms with Crippen molar-refractivity contribution in [3.63, 3.8) is 0 Å². The van der Waals surface area contributed by atoms with Gasteiger partial charge in [-0.3, -0.25) is 4.79 Å². The highest BCUT2D eigenvalue weighted by molar-refractivity contribution is 5.98. The number of ether oxygens (including phenoxy) is 3. The molecule has 0 aromatic heterocycles. The van der Waals surface area contributed by atoms with Gasteiger partial charge in [0.25, 0.3) is 5.91 Å². The lowest BCUT2D eigenvalue weighted by molar-refractivity contribution is -0.0106. The quantitative estimate of drug-likeness (QED) is 0.756. The summed E-state index contributed by atoms with van der Waals surface area (Å²) in [4.78, 5) is 15.4. The fourth-order valence-electron chi connectivity index (χ4n) is 3.94. The predicted molar refractivity (Wildman–Crippen MR) is 109 cm³/mol. The Balaban J connectivity index is 1.66. The zero-order chi connectivity index (χ0) is 20.6. The molecule has 1 aromatic carbocycles. The van der Waals surface area contributed by atoms with Crippen molar-refractivity contribution in [2.75, 3.05) is 46.5 Å². The average molecular weight is 402 g/mol. The molecule has 0 bridgehead atoms. The van der Waals surface area contributed by atoms with Crippen molar-refractivity contribution < 1.29 is 19.0 Å². The molecule has 2 aliphatic heterocycles. The van der Waals surface area contributed by atoms with Crippen molar-refractivity contribution >= 4 is 5.91 Å². The summed E-state index contributed by atoms with van der Waals surface area (Å²) in [5.74, 6) is 0.909. The number of carbonyl (C=O) groups excluding carboxylic acids is 1. The number of unbranched alkanes of at least 4 members (excludes halogenated alkanes) is 1. The van der Waals surface area contributed by atoms with Crippen LogP contribution in [0.3, 0.4) is 0 Å². The van der Waals surface area contributed by atoms with E-state index in [0.29, 0.717) is 42.4 Å². The minimum atomic E-state index is -0.243. The summed E-state index contributed by atoms with van der Waals surface area (Å²) in [5, 5.41) is 12.3. The van der Waals surface area contributed by atoms with E-state index in [2.05, 4.69) is 23.2 Å². The number of piperidine rings is 1. The summed E-state index contributed by atoms with van der Waals surface area (Å²) >= 11 is 0. The predicted octanol–water partition coefficient (Wildman–Crippen LogP) is 2.59. The number of nitriles is 1. The second-order valence-corrected chi connectivity index (χ2v) is 7.70. The van der Waals surface area contributed by atoms with Gasteiger partial charge in [-0.05, 0) is 32.0 Å². The van der Waals surface area contributed by atoms with E-state index in [1.54, 1.807) is 19.2 Å². The number of hydrogen-bond acceptors (Lipinski definition) is 6. The maximum atomic E-state index is 12.9. The van der Waals surface area contributed by atoms with Crippen LogP contribution >= 0.6 is 0 Å². The summed E-state index contributed by atoms with van der Waals surface area (Å²) in [7, 11) is 1.74. The van der Waals surface area contributed by atoms with Crippen LogP contribution in [0.1, 0.15) is 48.5 Å². The van der Waals surface area contributed by atoms with Gasteiger partial charge in [-0.15, -0.1) is 0 Å². The summed E-state index contributed by atoms with van der Waals surface area (Å²) in [6.45, 7) is 6.75. The number of nitrogens with zero attached hydrogens (tertiary/aromatic N) is 2. The molecule has 158 valence electrons. The number of hydrogen-bond donors (Lipinski definition) is 1. The monoisotopic (exact) mass is 401 g/mol. The van der Waals surface area contributed by atoms with Crippen molar-refractivity contribution in [2.45, 2.75) is 38.7 Å². The van der Waals surface area contributed by atoms with Crippen LogP contribution in [0.2, 0.25) is 0 Å². The van der Waals surface area contributed by atoms with Gasteiger partial charge in [-0.1, -0.05) is 13.3 Å². The molecule has 0 saturated carbocycles. The Hall–Kier alpha value is -2.30. The molecule has 1 N–H and O–H groups in total. The fourth-order valence-corrected chi connectivity index (χ4v) is 3.94. The Kier molecular flexibility index (Phi) is 7.73. The van der Waals surface area contributed by atoms with Crippen molar-refractivity contribution in [1.29, 1.82) is 5.26 Å². The van der Waals surface area contributed by atoms with E-state index in [1.807, 2.05) is 0 Å². The molecule has 1 unspecified atom stereocenters. The lowest BCUT2D eigenvalue weighted by Crippen LogP contribution is -2.48. The highest BCUT2D eigenvalue weighted by Crippen LogP contribution is 2.35. The molecule has 0 radical (unpaired) electrons. The molecule has 29 heavy (non-hydrogen) atoms. The number of carbonyl (C=O) groups is 1. The third-order valence-corrected chi connectivity index (χ3v) is 5.66. The lowest BCUT2D eigenvalue weighted by Gasteiger charge is -2.37. The standard InChI is InChI=1S/C22H31N3O4/c1-3-4-7-25-8-6-17(20(15-25)27-2)14-24-22(26)18-11-16(13-23)12-19-21(18)29-10-5-9-28-19/h11-12,17,20H,3-10,14-15H2,1-2H3,(H,24,26)/t17-,20?/m0/s1. The van der Waals surface area contributed by atoms with Crippen molar-refractivity contribution in [1.82, 2.24) is 10.2 Å².